The molecule has 0 spiro atoms. The van der Waals surface area contributed by atoms with Crippen molar-refractivity contribution in [3.05, 3.63) is 17.2 Å². The lowest BCUT2D eigenvalue weighted by Crippen LogP contribution is -2.44. The minimum atomic E-state index is -2.06. The van der Waals surface area contributed by atoms with Gasteiger partial charge >= 0.3 is 23.9 Å². The molecule has 26 heavy (non-hydrogen) atoms. The molecule has 0 saturated carbocycles. The summed E-state index contributed by atoms with van der Waals surface area (Å²) in [6.45, 7) is 0. The van der Waals surface area contributed by atoms with E-state index in [1.807, 2.05) is 0 Å². The van der Waals surface area contributed by atoms with Crippen molar-refractivity contribution in [3.63, 3.8) is 0 Å². The van der Waals surface area contributed by atoms with Crippen molar-refractivity contribution in [2.75, 3.05) is 7.11 Å². The van der Waals surface area contributed by atoms with Gasteiger partial charge in [-0.1, -0.05) is 0 Å². The Morgan fingerprint density at radius 3 is 2.31 bits per heavy atom. The van der Waals surface area contributed by atoms with Crippen molar-refractivity contribution in [1.82, 2.24) is 0 Å². The number of rotatable bonds is 5. The molecule has 5 N–H and O–H groups in total. The van der Waals surface area contributed by atoms with E-state index in [4.69, 9.17) is 4.74 Å². The van der Waals surface area contributed by atoms with Crippen molar-refractivity contribution >= 4 is 23.9 Å². The van der Waals surface area contributed by atoms with E-state index >= 15 is 0 Å². The van der Waals surface area contributed by atoms with E-state index in [0.29, 0.717) is 6.07 Å². The number of hydrogen-bond acceptors (Lipinski definition) is 9. The van der Waals surface area contributed by atoms with Gasteiger partial charge < -0.3 is 35.0 Å². The summed E-state index contributed by atoms with van der Waals surface area (Å²) in [6.07, 6.45) is -2.85. The number of methoxy groups -OCH3 is 1. The van der Waals surface area contributed by atoms with Gasteiger partial charge in [-0.05, 0) is 6.07 Å². The van der Waals surface area contributed by atoms with Crippen LogP contribution in [0.25, 0.3) is 0 Å². The topological polar surface area (TPSA) is 188 Å². The van der Waals surface area contributed by atoms with Gasteiger partial charge in [-0.2, -0.15) is 0 Å². The molecule has 0 amide bonds. The number of phenolic OH excluding ortho intramolecular Hbond substituents is 3. The third-order valence-corrected chi connectivity index (χ3v) is 4.02. The van der Waals surface area contributed by atoms with E-state index in [9.17, 15) is 44.7 Å². The van der Waals surface area contributed by atoms with Crippen LogP contribution in [0.3, 0.4) is 0 Å². The molecular weight excluding hydrogens is 356 g/mol. The first-order valence-corrected chi connectivity index (χ1v) is 7.11. The van der Waals surface area contributed by atoms with Crippen LogP contribution >= 0.6 is 0 Å². The van der Waals surface area contributed by atoms with Gasteiger partial charge in [0.2, 0.25) is 11.9 Å². The standard InChI is InChI=1S/C15H14O11/c1-25-7(17)3-4(13(20)21)9-8-5(2-6(16)10(18)11(8)19)15(24)26-12(9)14(22)23/h2,4,9,12,16,18-19H,3H2,1H3,(H,20,21)(H,22,23)/t4-,9+,12+/m1/s1. The van der Waals surface area contributed by atoms with Crippen molar-refractivity contribution in [1.29, 1.82) is 0 Å². The average Bonchev–Trinajstić information content (AvgIpc) is 2.57. The fourth-order valence-corrected chi connectivity index (χ4v) is 2.82. The van der Waals surface area contributed by atoms with Crippen LogP contribution in [0, 0.1) is 5.92 Å². The van der Waals surface area contributed by atoms with E-state index in [1.165, 1.54) is 0 Å². The van der Waals surface area contributed by atoms with E-state index in [1.54, 1.807) is 0 Å². The molecule has 0 bridgehead atoms. The second-order valence-electron chi connectivity index (χ2n) is 5.47. The third kappa shape index (κ3) is 3.06. The van der Waals surface area contributed by atoms with Gasteiger partial charge in [0.15, 0.2) is 11.5 Å². The number of cyclic esters (lactones) is 1. The SMILES string of the molecule is COC(=O)C[C@@H](C(=O)O)[C@H]1c2c(cc(O)c(O)c2O)C(=O)O[C@@H]1C(=O)O. The summed E-state index contributed by atoms with van der Waals surface area (Å²) in [4.78, 5) is 46.7. The quantitative estimate of drug-likeness (QED) is 0.340. The van der Waals surface area contributed by atoms with Gasteiger partial charge in [0.25, 0.3) is 0 Å². The molecule has 1 heterocycles. The lowest BCUT2D eigenvalue weighted by atomic mass is 9.76. The fraction of sp³-hybridized carbons (Fsp3) is 0.333. The van der Waals surface area contributed by atoms with Gasteiger partial charge in [0.05, 0.1) is 30.9 Å². The smallest absolute Gasteiger partial charge is 0.345 e. The Kier molecular flexibility index (Phi) is 4.91. The van der Waals surface area contributed by atoms with Gasteiger partial charge in [-0.3, -0.25) is 9.59 Å². The number of hydrogen-bond donors (Lipinski definition) is 5. The molecule has 0 radical (unpaired) electrons. The molecule has 0 aromatic heterocycles. The number of carbonyl (C=O) groups is 4. The molecule has 0 saturated heterocycles. The largest absolute Gasteiger partial charge is 0.504 e. The maximum absolute atomic E-state index is 12.0. The Bertz CT molecular complexity index is 797. The zero-order valence-corrected chi connectivity index (χ0v) is 13.2. The highest BCUT2D eigenvalue weighted by atomic mass is 16.6. The number of aliphatic carboxylic acids is 2. The number of carboxylic acids is 2. The Labute approximate surface area is 145 Å². The van der Waals surface area contributed by atoms with E-state index < -0.39 is 76.6 Å². The maximum atomic E-state index is 12.0. The summed E-state index contributed by atoms with van der Waals surface area (Å²) < 4.78 is 9.12. The Hall–Kier alpha value is -3.50. The van der Waals surface area contributed by atoms with Gasteiger partial charge in [0, 0.05) is 5.56 Å². The molecule has 3 atom stereocenters. The first kappa shape index (κ1) is 18.8. The minimum Gasteiger partial charge on any atom is -0.504 e. The molecule has 1 aliphatic rings. The maximum Gasteiger partial charge on any atom is 0.345 e. The van der Waals surface area contributed by atoms with Crippen LogP contribution < -0.4 is 0 Å². The summed E-state index contributed by atoms with van der Waals surface area (Å²) in [6, 6.07) is 0.703. The van der Waals surface area contributed by atoms with E-state index in [0.717, 1.165) is 7.11 Å². The lowest BCUT2D eigenvalue weighted by molar-refractivity contribution is -0.157. The number of fused-ring (bicyclic) bond motifs is 1. The summed E-state index contributed by atoms with van der Waals surface area (Å²) in [5, 5.41) is 48.1. The molecule has 0 fully saturated rings. The van der Waals surface area contributed by atoms with Crippen LogP contribution in [0.4, 0.5) is 0 Å². The van der Waals surface area contributed by atoms with Crippen LogP contribution in [0.5, 0.6) is 17.2 Å². The molecule has 0 unspecified atom stereocenters. The minimum absolute atomic E-state index is 0.531. The van der Waals surface area contributed by atoms with Crippen LogP contribution in [-0.2, 0) is 23.9 Å². The average molecular weight is 370 g/mol. The third-order valence-electron chi connectivity index (χ3n) is 4.02. The monoisotopic (exact) mass is 370 g/mol. The predicted molar refractivity (Wildman–Crippen MR) is 78.8 cm³/mol. The van der Waals surface area contributed by atoms with Crippen molar-refractivity contribution in [3.8, 4) is 17.2 Å². The normalized spacial score (nSPS) is 19.8. The van der Waals surface area contributed by atoms with Crippen molar-refractivity contribution in [2.24, 2.45) is 5.92 Å². The van der Waals surface area contributed by atoms with Gasteiger partial charge in [-0.25, -0.2) is 9.59 Å². The highest BCUT2D eigenvalue weighted by molar-refractivity contribution is 5.98. The van der Waals surface area contributed by atoms with Crippen LogP contribution in [-0.4, -0.2) is 62.6 Å². The Balaban J connectivity index is 2.74. The summed E-state index contributed by atoms with van der Waals surface area (Å²) in [5.41, 5.74) is -1.09. The van der Waals surface area contributed by atoms with Gasteiger partial charge in [0.1, 0.15) is 0 Å². The summed E-state index contributed by atoms with van der Waals surface area (Å²) >= 11 is 0. The number of carboxylic acid groups (broad SMARTS) is 2. The summed E-state index contributed by atoms with van der Waals surface area (Å²) in [5.74, 6) is -12.1. The number of carbonyl (C=O) groups excluding carboxylic acids is 2. The van der Waals surface area contributed by atoms with Crippen molar-refractivity contribution < 1.29 is 54.2 Å². The number of esters is 2. The molecule has 140 valence electrons. The number of benzene rings is 1. The second kappa shape index (κ2) is 6.78. The molecule has 0 aliphatic carbocycles. The fourth-order valence-electron chi connectivity index (χ4n) is 2.82. The van der Waals surface area contributed by atoms with E-state index in [2.05, 4.69) is 4.74 Å². The predicted octanol–water partition coefficient (Wildman–Crippen LogP) is -0.226. The number of phenols is 3. The highest BCUT2D eigenvalue weighted by Crippen LogP contribution is 2.49. The zero-order valence-electron chi connectivity index (χ0n) is 13.2. The Morgan fingerprint density at radius 2 is 1.81 bits per heavy atom. The van der Waals surface area contributed by atoms with Gasteiger partial charge in [-0.15, -0.1) is 0 Å². The first-order valence-electron chi connectivity index (χ1n) is 7.11. The van der Waals surface area contributed by atoms with Crippen LogP contribution in [0.15, 0.2) is 6.07 Å². The summed E-state index contributed by atoms with van der Waals surface area (Å²) in [7, 11) is 0.992. The molecule has 11 heteroatoms. The highest BCUT2D eigenvalue weighted by Gasteiger charge is 2.49. The zero-order chi connectivity index (χ0) is 19.8. The molecular formula is C15H14O11. The molecule has 2 rings (SSSR count). The molecule has 1 aromatic rings. The van der Waals surface area contributed by atoms with E-state index in [-0.39, 0.29) is 0 Å². The number of ether oxygens (including phenoxy) is 2. The van der Waals surface area contributed by atoms with Crippen LogP contribution in [0.1, 0.15) is 28.3 Å². The Morgan fingerprint density at radius 1 is 1.19 bits per heavy atom. The number of aromatic hydroxyl groups is 3. The molecule has 1 aliphatic heterocycles. The lowest BCUT2D eigenvalue weighted by Gasteiger charge is -2.34. The first-order chi connectivity index (χ1) is 12.1. The van der Waals surface area contributed by atoms with Crippen LogP contribution in [0.2, 0.25) is 0 Å². The molecule has 1 aromatic carbocycles. The molecule has 11 nitrogen and oxygen atoms in total. The second-order valence-corrected chi connectivity index (χ2v) is 5.47. The van der Waals surface area contributed by atoms with Crippen molar-refractivity contribution in [2.45, 2.75) is 18.4 Å².